The number of rotatable bonds is 3. The molecule has 6 heteroatoms. The molecule has 0 aliphatic carbocycles. The SMILES string of the molecule is O=C1c2cc(N3CCCC3)ccc2OCCN1Cc1ncccn1. The van der Waals surface area contributed by atoms with Gasteiger partial charge in [0, 0.05) is 31.2 Å². The van der Waals surface area contributed by atoms with Crippen molar-refractivity contribution >= 4 is 11.6 Å². The normalized spacial score (nSPS) is 17.4. The van der Waals surface area contributed by atoms with Crippen LogP contribution in [-0.2, 0) is 6.54 Å². The zero-order chi connectivity index (χ0) is 16.4. The minimum atomic E-state index is -0.0176. The van der Waals surface area contributed by atoms with Crippen molar-refractivity contribution < 1.29 is 9.53 Å². The van der Waals surface area contributed by atoms with Gasteiger partial charge in [0.15, 0.2) is 0 Å². The third-order valence-corrected chi connectivity index (χ3v) is 4.52. The van der Waals surface area contributed by atoms with Crippen LogP contribution in [0.3, 0.4) is 0 Å². The van der Waals surface area contributed by atoms with Gasteiger partial charge in [-0.3, -0.25) is 4.79 Å². The molecule has 1 aromatic heterocycles. The van der Waals surface area contributed by atoms with Gasteiger partial charge in [0.2, 0.25) is 0 Å². The number of aromatic nitrogens is 2. The van der Waals surface area contributed by atoms with Gasteiger partial charge in [-0.15, -0.1) is 0 Å². The first-order valence-electron chi connectivity index (χ1n) is 8.38. The highest BCUT2D eigenvalue weighted by Crippen LogP contribution is 2.30. The lowest BCUT2D eigenvalue weighted by Crippen LogP contribution is -2.32. The van der Waals surface area contributed by atoms with Crippen LogP contribution in [0.2, 0.25) is 0 Å². The smallest absolute Gasteiger partial charge is 0.258 e. The van der Waals surface area contributed by atoms with Crippen LogP contribution in [0, 0.1) is 0 Å². The fraction of sp³-hybridized carbons (Fsp3) is 0.389. The van der Waals surface area contributed by atoms with Crippen molar-refractivity contribution in [1.82, 2.24) is 14.9 Å². The summed E-state index contributed by atoms with van der Waals surface area (Å²) in [6.45, 7) is 3.51. The summed E-state index contributed by atoms with van der Waals surface area (Å²) >= 11 is 0. The Balaban J connectivity index is 1.61. The summed E-state index contributed by atoms with van der Waals surface area (Å²) in [7, 11) is 0. The first-order chi connectivity index (χ1) is 11.8. The molecule has 0 N–H and O–H groups in total. The van der Waals surface area contributed by atoms with E-state index in [0.29, 0.717) is 36.8 Å². The third kappa shape index (κ3) is 2.91. The second-order valence-corrected chi connectivity index (χ2v) is 6.11. The molecule has 3 heterocycles. The number of amides is 1. The zero-order valence-corrected chi connectivity index (χ0v) is 13.5. The van der Waals surface area contributed by atoms with Crippen LogP contribution < -0.4 is 9.64 Å². The molecule has 0 bridgehead atoms. The molecule has 124 valence electrons. The topological polar surface area (TPSA) is 58.6 Å². The molecule has 0 atom stereocenters. The van der Waals surface area contributed by atoms with E-state index in [1.807, 2.05) is 18.2 Å². The van der Waals surface area contributed by atoms with Gasteiger partial charge in [-0.25, -0.2) is 9.97 Å². The first-order valence-corrected chi connectivity index (χ1v) is 8.38. The number of carbonyl (C=O) groups is 1. The lowest BCUT2D eigenvalue weighted by Gasteiger charge is -2.21. The summed E-state index contributed by atoms with van der Waals surface area (Å²) in [5.41, 5.74) is 1.73. The summed E-state index contributed by atoms with van der Waals surface area (Å²) in [4.78, 5) is 25.5. The maximum atomic E-state index is 13.0. The Kier molecular flexibility index (Phi) is 4.02. The van der Waals surface area contributed by atoms with Gasteiger partial charge in [0.25, 0.3) is 5.91 Å². The van der Waals surface area contributed by atoms with Crippen LogP contribution in [0.15, 0.2) is 36.7 Å². The van der Waals surface area contributed by atoms with Crippen molar-refractivity contribution in [2.75, 3.05) is 31.1 Å². The molecule has 0 radical (unpaired) electrons. The van der Waals surface area contributed by atoms with Crippen LogP contribution in [0.25, 0.3) is 0 Å². The zero-order valence-electron chi connectivity index (χ0n) is 13.5. The molecule has 0 saturated carbocycles. The molecule has 2 aromatic rings. The summed E-state index contributed by atoms with van der Waals surface area (Å²) in [5.74, 6) is 1.29. The molecule has 0 unspecified atom stereocenters. The average Bonchev–Trinajstić information content (AvgIpc) is 3.11. The van der Waals surface area contributed by atoms with E-state index in [2.05, 4.69) is 14.9 Å². The minimum Gasteiger partial charge on any atom is -0.491 e. The van der Waals surface area contributed by atoms with Crippen molar-refractivity contribution in [2.24, 2.45) is 0 Å². The molecule has 2 aliphatic heterocycles. The summed E-state index contributed by atoms with van der Waals surface area (Å²) in [5, 5.41) is 0. The van der Waals surface area contributed by atoms with E-state index in [4.69, 9.17) is 4.74 Å². The maximum Gasteiger partial charge on any atom is 0.258 e. The molecule has 1 saturated heterocycles. The molecule has 1 amide bonds. The van der Waals surface area contributed by atoms with E-state index in [1.165, 1.54) is 12.8 Å². The van der Waals surface area contributed by atoms with Crippen molar-refractivity contribution in [1.29, 1.82) is 0 Å². The van der Waals surface area contributed by atoms with E-state index in [-0.39, 0.29) is 5.91 Å². The van der Waals surface area contributed by atoms with Gasteiger partial charge >= 0.3 is 0 Å². The Bertz CT molecular complexity index is 729. The Morgan fingerprint density at radius 1 is 1.08 bits per heavy atom. The average molecular weight is 324 g/mol. The maximum absolute atomic E-state index is 13.0. The lowest BCUT2D eigenvalue weighted by molar-refractivity contribution is 0.0738. The number of benzene rings is 1. The van der Waals surface area contributed by atoms with Gasteiger partial charge in [-0.1, -0.05) is 0 Å². The highest BCUT2D eigenvalue weighted by molar-refractivity contribution is 5.98. The number of carbonyl (C=O) groups excluding carboxylic acids is 1. The van der Waals surface area contributed by atoms with Crippen molar-refractivity contribution in [3.05, 3.63) is 48.0 Å². The Hall–Kier alpha value is -2.63. The second-order valence-electron chi connectivity index (χ2n) is 6.11. The molecule has 6 nitrogen and oxygen atoms in total. The summed E-state index contributed by atoms with van der Waals surface area (Å²) < 4.78 is 5.78. The second kappa shape index (κ2) is 6.47. The van der Waals surface area contributed by atoms with Gasteiger partial charge < -0.3 is 14.5 Å². The standard InChI is InChI=1S/C18H20N4O2/c23-18-15-12-14(21-8-1-2-9-21)4-5-16(15)24-11-10-22(18)13-17-19-6-3-7-20-17/h3-7,12H,1-2,8-11,13H2. The van der Waals surface area contributed by atoms with E-state index in [0.717, 1.165) is 18.8 Å². The number of hydrogen-bond acceptors (Lipinski definition) is 5. The molecule has 2 aliphatic rings. The predicted octanol–water partition coefficient (Wildman–Crippen LogP) is 2.11. The Morgan fingerprint density at radius 3 is 2.67 bits per heavy atom. The predicted molar refractivity (Wildman–Crippen MR) is 90.2 cm³/mol. The Labute approximate surface area is 141 Å². The van der Waals surface area contributed by atoms with E-state index < -0.39 is 0 Å². The largest absolute Gasteiger partial charge is 0.491 e. The van der Waals surface area contributed by atoms with Crippen molar-refractivity contribution in [2.45, 2.75) is 19.4 Å². The molecule has 0 spiro atoms. The molecular formula is C18H20N4O2. The summed E-state index contributed by atoms with van der Waals surface area (Å²) in [6.07, 6.45) is 5.80. The number of fused-ring (bicyclic) bond motifs is 1. The van der Waals surface area contributed by atoms with Crippen LogP contribution in [-0.4, -0.2) is 47.0 Å². The number of anilines is 1. The summed E-state index contributed by atoms with van der Waals surface area (Å²) in [6, 6.07) is 7.71. The quantitative estimate of drug-likeness (QED) is 0.865. The van der Waals surface area contributed by atoms with Crippen LogP contribution in [0.1, 0.15) is 29.0 Å². The number of nitrogens with zero attached hydrogens (tertiary/aromatic N) is 4. The highest BCUT2D eigenvalue weighted by Gasteiger charge is 2.25. The number of ether oxygens (including phenoxy) is 1. The van der Waals surface area contributed by atoms with E-state index in [1.54, 1.807) is 23.4 Å². The monoisotopic (exact) mass is 324 g/mol. The van der Waals surface area contributed by atoms with Crippen LogP contribution in [0.5, 0.6) is 5.75 Å². The van der Waals surface area contributed by atoms with Gasteiger partial charge in [-0.05, 0) is 37.1 Å². The number of hydrogen-bond donors (Lipinski definition) is 0. The molecular weight excluding hydrogens is 304 g/mol. The molecule has 4 rings (SSSR count). The Morgan fingerprint density at radius 2 is 1.88 bits per heavy atom. The van der Waals surface area contributed by atoms with Gasteiger partial charge in [-0.2, -0.15) is 0 Å². The molecule has 1 fully saturated rings. The van der Waals surface area contributed by atoms with Crippen molar-refractivity contribution in [3.63, 3.8) is 0 Å². The van der Waals surface area contributed by atoms with E-state index in [9.17, 15) is 4.79 Å². The molecule has 24 heavy (non-hydrogen) atoms. The van der Waals surface area contributed by atoms with Crippen LogP contribution >= 0.6 is 0 Å². The third-order valence-electron chi connectivity index (χ3n) is 4.52. The highest BCUT2D eigenvalue weighted by atomic mass is 16.5. The first kappa shape index (κ1) is 14.9. The van der Waals surface area contributed by atoms with E-state index >= 15 is 0 Å². The van der Waals surface area contributed by atoms with Gasteiger partial charge in [0.05, 0.1) is 18.7 Å². The van der Waals surface area contributed by atoms with Crippen molar-refractivity contribution in [3.8, 4) is 5.75 Å². The fourth-order valence-electron chi connectivity index (χ4n) is 3.25. The lowest BCUT2D eigenvalue weighted by atomic mass is 10.1. The molecule has 1 aromatic carbocycles. The van der Waals surface area contributed by atoms with Gasteiger partial charge in [0.1, 0.15) is 18.2 Å². The minimum absolute atomic E-state index is 0.0176. The fourth-order valence-corrected chi connectivity index (χ4v) is 3.25. The van der Waals surface area contributed by atoms with Crippen LogP contribution in [0.4, 0.5) is 5.69 Å².